The number of aryl methyl sites for hydroxylation is 1. The molecule has 0 atom stereocenters. The van der Waals surface area contributed by atoms with E-state index < -0.39 is 0 Å². The van der Waals surface area contributed by atoms with E-state index in [0.29, 0.717) is 17.4 Å². The van der Waals surface area contributed by atoms with Gasteiger partial charge in [0.25, 0.3) is 0 Å². The van der Waals surface area contributed by atoms with Crippen LogP contribution in [0.4, 0.5) is 16.6 Å². The molecule has 0 spiro atoms. The molecule has 0 radical (unpaired) electrons. The molecule has 0 unspecified atom stereocenters. The lowest BCUT2D eigenvalue weighted by Gasteiger charge is -2.12. The molecule has 0 aliphatic heterocycles. The number of ether oxygens (including phenoxy) is 1. The zero-order valence-electron chi connectivity index (χ0n) is 12.6. The SMILES string of the molecule is Cc1ccc2nc(Nc3ncnc(OC(C)C)c3N)sc2c1. The summed E-state index contributed by atoms with van der Waals surface area (Å²) in [4.78, 5) is 12.8. The molecule has 6 nitrogen and oxygen atoms in total. The lowest BCUT2D eigenvalue weighted by molar-refractivity contribution is 0.234. The molecule has 0 amide bonds. The van der Waals surface area contributed by atoms with Crippen molar-refractivity contribution in [2.75, 3.05) is 11.1 Å². The maximum absolute atomic E-state index is 6.06. The molecular weight excluding hydrogens is 298 g/mol. The van der Waals surface area contributed by atoms with E-state index in [1.807, 2.05) is 26.0 Å². The van der Waals surface area contributed by atoms with Crippen molar-refractivity contribution in [3.8, 4) is 5.88 Å². The van der Waals surface area contributed by atoms with Crippen LogP contribution in [0.2, 0.25) is 0 Å². The fraction of sp³-hybridized carbons (Fsp3) is 0.267. The lowest BCUT2D eigenvalue weighted by Crippen LogP contribution is -2.10. The summed E-state index contributed by atoms with van der Waals surface area (Å²) in [6.45, 7) is 5.90. The number of hydrogen-bond donors (Lipinski definition) is 2. The third kappa shape index (κ3) is 2.94. The van der Waals surface area contributed by atoms with Gasteiger partial charge in [-0.3, -0.25) is 0 Å². The monoisotopic (exact) mass is 315 g/mol. The standard InChI is InChI=1S/C15H17N5OS/c1-8(2)21-14-12(16)13(17-7-18-14)20-15-19-10-5-4-9(3)6-11(10)22-15/h4-8H,16H2,1-3H3,(H,17,18,19,20). The second-order valence-electron chi connectivity index (χ2n) is 5.22. The summed E-state index contributed by atoms with van der Waals surface area (Å²) >= 11 is 1.56. The van der Waals surface area contributed by atoms with Crippen molar-refractivity contribution < 1.29 is 4.74 Å². The Balaban J connectivity index is 1.91. The predicted octanol–water partition coefficient (Wildman–Crippen LogP) is 3.51. The molecule has 114 valence electrons. The van der Waals surface area contributed by atoms with Gasteiger partial charge in [-0.25, -0.2) is 9.97 Å². The number of thiazole rings is 1. The van der Waals surface area contributed by atoms with Crippen LogP contribution < -0.4 is 15.8 Å². The summed E-state index contributed by atoms with van der Waals surface area (Å²) in [6, 6.07) is 6.15. The summed E-state index contributed by atoms with van der Waals surface area (Å²) in [5, 5.41) is 3.88. The van der Waals surface area contributed by atoms with Crippen LogP contribution in [0.15, 0.2) is 24.5 Å². The van der Waals surface area contributed by atoms with Gasteiger partial charge in [0.1, 0.15) is 12.0 Å². The molecule has 3 rings (SSSR count). The first kappa shape index (κ1) is 14.5. The maximum atomic E-state index is 6.06. The summed E-state index contributed by atoms with van der Waals surface area (Å²) in [6.07, 6.45) is 1.42. The third-order valence-corrected chi connectivity index (χ3v) is 3.90. The van der Waals surface area contributed by atoms with Crippen molar-refractivity contribution >= 4 is 38.2 Å². The number of nitrogens with two attached hydrogens (primary N) is 1. The summed E-state index contributed by atoms with van der Waals surface area (Å²) in [5.41, 5.74) is 8.60. The van der Waals surface area contributed by atoms with Crippen molar-refractivity contribution in [2.24, 2.45) is 0 Å². The number of anilines is 3. The van der Waals surface area contributed by atoms with Gasteiger partial charge in [0.15, 0.2) is 10.9 Å². The second kappa shape index (κ2) is 5.76. The van der Waals surface area contributed by atoms with E-state index in [1.54, 1.807) is 11.3 Å². The molecule has 7 heteroatoms. The van der Waals surface area contributed by atoms with Crippen LogP contribution >= 0.6 is 11.3 Å². The summed E-state index contributed by atoms with van der Waals surface area (Å²) in [5.74, 6) is 0.880. The third-order valence-electron chi connectivity index (χ3n) is 2.96. The van der Waals surface area contributed by atoms with Crippen molar-refractivity contribution in [1.82, 2.24) is 15.0 Å². The highest BCUT2D eigenvalue weighted by Gasteiger charge is 2.12. The number of benzene rings is 1. The number of nitrogens with one attached hydrogen (secondary N) is 1. The molecule has 3 aromatic rings. The smallest absolute Gasteiger partial charge is 0.242 e. The first-order valence-corrected chi connectivity index (χ1v) is 7.76. The van der Waals surface area contributed by atoms with E-state index >= 15 is 0 Å². The molecule has 0 saturated heterocycles. The minimum absolute atomic E-state index is 0.00419. The van der Waals surface area contributed by atoms with Crippen LogP contribution in [0.3, 0.4) is 0 Å². The second-order valence-corrected chi connectivity index (χ2v) is 6.25. The van der Waals surface area contributed by atoms with Crippen LogP contribution in [0.5, 0.6) is 5.88 Å². The number of aromatic nitrogens is 3. The van der Waals surface area contributed by atoms with E-state index in [0.717, 1.165) is 15.3 Å². The molecule has 22 heavy (non-hydrogen) atoms. The van der Waals surface area contributed by atoms with Crippen molar-refractivity contribution in [3.05, 3.63) is 30.1 Å². The molecule has 0 bridgehead atoms. The zero-order valence-corrected chi connectivity index (χ0v) is 13.4. The lowest BCUT2D eigenvalue weighted by atomic mass is 10.2. The quantitative estimate of drug-likeness (QED) is 0.766. The van der Waals surface area contributed by atoms with Gasteiger partial charge in [-0.15, -0.1) is 0 Å². The zero-order chi connectivity index (χ0) is 15.7. The van der Waals surface area contributed by atoms with Gasteiger partial charge in [-0.05, 0) is 38.5 Å². The van der Waals surface area contributed by atoms with Crippen LogP contribution in [-0.4, -0.2) is 21.1 Å². The van der Waals surface area contributed by atoms with Gasteiger partial charge in [-0.2, -0.15) is 4.98 Å². The molecule has 3 N–H and O–H groups in total. The number of nitrogens with zero attached hydrogens (tertiary/aromatic N) is 3. The largest absolute Gasteiger partial charge is 0.473 e. The Morgan fingerprint density at radius 2 is 2.09 bits per heavy atom. The molecule has 0 aliphatic carbocycles. The van der Waals surface area contributed by atoms with Crippen LogP contribution in [0.25, 0.3) is 10.2 Å². The van der Waals surface area contributed by atoms with Gasteiger partial charge in [-0.1, -0.05) is 17.4 Å². The minimum Gasteiger partial charge on any atom is -0.473 e. The van der Waals surface area contributed by atoms with E-state index in [9.17, 15) is 0 Å². The fourth-order valence-corrected chi connectivity index (χ4v) is 2.95. The predicted molar refractivity (Wildman–Crippen MR) is 89.8 cm³/mol. The molecule has 0 fully saturated rings. The first-order chi connectivity index (χ1) is 10.5. The Kier molecular flexibility index (Phi) is 3.81. The average Bonchev–Trinajstić information content (AvgIpc) is 2.84. The summed E-state index contributed by atoms with van der Waals surface area (Å²) < 4.78 is 6.68. The molecule has 1 aromatic carbocycles. The Morgan fingerprint density at radius 1 is 1.27 bits per heavy atom. The summed E-state index contributed by atoms with van der Waals surface area (Å²) in [7, 11) is 0. The number of fused-ring (bicyclic) bond motifs is 1. The Hall–Kier alpha value is -2.41. The Bertz CT molecular complexity index is 815. The molecule has 2 aromatic heterocycles. The Labute approximate surface area is 132 Å². The number of nitrogen functional groups attached to an aromatic ring is 1. The molecule has 0 saturated carbocycles. The van der Waals surface area contributed by atoms with E-state index in [4.69, 9.17) is 10.5 Å². The highest BCUT2D eigenvalue weighted by Crippen LogP contribution is 2.32. The van der Waals surface area contributed by atoms with Crippen LogP contribution in [-0.2, 0) is 0 Å². The van der Waals surface area contributed by atoms with Gasteiger partial charge < -0.3 is 15.8 Å². The van der Waals surface area contributed by atoms with E-state index in [2.05, 4.69) is 33.3 Å². The number of rotatable bonds is 4. The van der Waals surface area contributed by atoms with Gasteiger partial charge in [0.2, 0.25) is 5.88 Å². The molecule has 2 heterocycles. The van der Waals surface area contributed by atoms with Crippen LogP contribution in [0.1, 0.15) is 19.4 Å². The van der Waals surface area contributed by atoms with Gasteiger partial charge in [0.05, 0.1) is 16.3 Å². The van der Waals surface area contributed by atoms with E-state index in [-0.39, 0.29) is 6.10 Å². The normalized spacial score (nSPS) is 11.1. The van der Waals surface area contributed by atoms with Crippen LogP contribution in [0, 0.1) is 6.92 Å². The van der Waals surface area contributed by atoms with Gasteiger partial charge >= 0.3 is 0 Å². The minimum atomic E-state index is -0.00419. The fourth-order valence-electron chi connectivity index (χ4n) is 1.98. The van der Waals surface area contributed by atoms with E-state index in [1.165, 1.54) is 11.9 Å². The highest BCUT2D eigenvalue weighted by atomic mass is 32.1. The Morgan fingerprint density at radius 3 is 2.86 bits per heavy atom. The average molecular weight is 315 g/mol. The van der Waals surface area contributed by atoms with Crippen molar-refractivity contribution in [3.63, 3.8) is 0 Å². The van der Waals surface area contributed by atoms with Gasteiger partial charge in [0, 0.05) is 0 Å². The topological polar surface area (TPSA) is 86.0 Å². The van der Waals surface area contributed by atoms with Crippen molar-refractivity contribution in [2.45, 2.75) is 26.9 Å². The molecular formula is C15H17N5OS. The maximum Gasteiger partial charge on any atom is 0.242 e. The highest BCUT2D eigenvalue weighted by molar-refractivity contribution is 7.22. The molecule has 0 aliphatic rings. The van der Waals surface area contributed by atoms with Crippen molar-refractivity contribution in [1.29, 1.82) is 0 Å². The number of hydrogen-bond acceptors (Lipinski definition) is 7. The first-order valence-electron chi connectivity index (χ1n) is 6.94.